The van der Waals surface area contributed by atoms with Gasteiger partial charge >= 0.3 is 6.18 Å². The first-order valence-corrected chi connectivity index (χ1v) is 4.97. The summed E-state index contributed by atoms with van der Waals surface area (Å²) in [5.41, 5.74) is -0.865. The van der Waals surface area contributed by atoms with Gasteiger partial charge in [-0.15, -0.1) is 0 Å². The smallest absolute Gasteiger partial charge is 0.374 e. The average Bonchev–Trinajstić information content (AvgIpc) is 2.67. The quantitative estimate of drug-likeness (QED) is 0.827. The fourth-order valence-electron chi connectivity index (χ4n) is 1.58. The molecule has 2 heterocycles. The largest absolute Gasteiger partial charge is 0.434 e. The zero-order chi connectivity index (χ0) is 11.6. The molecule has 1 aromatic rings. The lowest BCUT2D eigenvalue weighted by atomic mass is 10.3. The molecule has 2 rings (SSSR count). The second kappa shape index (κ2) is 4.42. The van der Waals surface area contributed by atoms with E-state index in [0.29, 0.717) is 19.7 Å². The van der Waals surface area contributed by atoms with E-state index in [-0.39, 0.29) is 6.10 Å². The van der Waals surface area contributed by atoms with Gasteiger partial charge in [-0.05, 0) is 0 Å². The molecule has 16 heavy (non-hydrogen) atoms. The average molecular weight is 235 g/mol. The Hall–Kier alpha value is -1.08. The Labute approximate surface area is 90.4 Å². The highest BCUT2D eigenvalue weighted by Crippen LogP contribution is 2.27. The summed E-state index contributed by atoms with van der Waals surface area (Å²) < 4.78 is 43.6. The van der Waals surface area contributed by atoms with E-state index in [4.69, 9.17) is 4.74 Å². The molecule has 1 atom stereocenters. The number of aromatic nitrogens is 2. The van der Waals surface area contributed by atoms with Crippen LogP contribution in [0.5, 0.6) is 0 Å². The Bertz CT molecular complexity index is 344. The number of hydrogen-bond acceptors (Lipinski definition) is 3. The monoisotopic (exact) mass is 235 g/mol. The summed E-state index contributed by atoms with van der Waals surface area (Å²) in [5.74, 6) is 0. The van der Waals surface area contributed by atoms with E-state index < -0.39 is 11.9 Å². The van der Waals surface area contributed by atoms with Crippen LogP contribution in [-0.4, -0.2) is 35.4 Å². The minimum Gasteiger partial charge on any atom is -0.374 e. The van der Waals surface area contributed by atoms with Crippen LogP contribution >= 0.6 is 0 Å². The number of morpholine rings is 1. The molecule has 7 heteroatoms. The standard InChI is InChI=1S/C9H12F3N3O/c10-9(11,12)8-5-15(6-14-8)4-7-3-13-1-2-16-7/h5-7,13H,1-4H2/t7-/m0/s1. The molecule has 0 aromatic carbocycles. The topological polar surface area (TPSA) is 39.1 Å². The van der Waals surface area contributed by atoms with Crippen molar-refractivity contribution in [3.63, 3.8) is 0 Å². The lowest BCUT2D eigenvalue weighted by molar-refractivity contribution is -0.141. The fourth-order valence-corrected chi connectivity index (χ4v) is 1.58. The highest BCUT2D eigenvalue weighted by molar-refractivity contribution is 5.01. The summed E-state index contributed by atoms with van der Waals surface area (Å²) in [6.45, 7) is 2.41. The number of nitrogens with zero attached hydrogens (tertiary/aromatic N) is 2. The third-order valence-corrected chi connectivity index (χ3v) is 2.34. The van der Waals surface area contributed by atoms with E-state index in [1.807, 2.05) is 0 Å². The van der Waals surface area contributed by atoms with Crippen LogP contribution in [0.3, 0.4) is 0 Å². The zero-order valence-electron chi connectivity index (χ0n) is 8.50. The van der Waals surface area contributed by atoms with Crippen LogP contribution < -0.4 is 5.32 Å². The molecular formula is C9H12F3N3O. The molecule has 0 saturated carbocycles. The molecule has 1 saturated heterocycles. The number of nitrogens with one attached hydrogen (secondary N) is 1. The van der Waals surface area contributed by atoms with Crippen LogP contribution in [-0.2, 0) is 17.5 Å². The fraction of sp³-hybridized carbons (Fsp3) is 0.667. The first-order chi connectivity index (χ1) is 7.55. The maximum absolute atomic E-state index is 12.3. The SMILES string of the molecule is FC(F)(F)c1cn(C[C@@H]2CNCCO2)cn1. The van der Waals surface area contributed by atoms with Crippen molar-refractivity contribution in [1.82, 2.24) is 14.9 Å². The number of alkyl halides is 3. The third kappa shape index (κ3) is 2.73. The second-order valence-corrected chi connectivity index (χ2v) is 3.65. The van der Waals surface area contributed by atoms with Crippen LogP contribution in [0.25, 0.3) is 0 Å². The predicted octanol–water partition coefficient (Wildman–Crippen LogP) is 0.890. The van der Waals surface area contributed by atoms with Crippen molar-refractivity contribution in [3.8, 4) is 0 Å². The summed E-state index contributed by atoms with van der Waals surface area (Å²) in [6.07, 6.45) is -2.29. The van der Waals surface area contributed by atoms with E-state index in [0.717, 1.165) is 12.7 Å². The minimum absolute atomic E-state index is 0.0935. The van der Waals surface area contributed by atoms with Gasteiger partial charge in [0, 0.05) is 19.3 Å². The molecule has 0 bridgehead atoms. The summed E-state index contributed by atoms with van der Waals surface area (Å²) in [4.78, 5) is 3.31. The van der Waals surface area contributed by atoms with E-state index in [9.17, 15) is 13.2 Å². The van der Waals surface area contributed by atoms with Crippen LogP contribution in [0.1, 0.15) is 5.69 Å². The van der Waals surface area contributed by atoms with Gasteiger partial charge in [0.2, 0.25) is 0 Å². The molecule has 1 aliphatic rings. The molecule has 1 aromatic heterocycles. The Morgan fingerprint density at radius 1 is 1.56 bits per heavy atom. The highest BCUT2D eigenvalue weighted by atomic mass is 19.4. The Kier molecular flexibility index (Phi) is 3.15. The van der Waals surface area contributed by atoms with Gasteiger partial charge < -0.3 is 14.6 Å². The van der Waals surface area contributed by atoms with Gasteiger partial charge in [-0.2, -0.15) is 13.2 Å². The van der Waals surface area contributed by atoms with Gasteiger partial charge in [0.25, 0.3) is 0 Å². The molecule has 0 spiro atoms. The number of halogens is 3. The van der Waals surface area contributed by atoms with Crippen molar-refractivity contribution in [3.05, 3.63) is 18.2 Å². The molecule has 4 nitrogen and oxygen atoms in total. The van der Waals surface area contributed by atoms with Gasteiger partial charge in [0.05, 0.1) is 25.6 Å². The molecule has 1 N–H and O–H groups in total. The molecule has 0 amide bonds. The summed E-state index contributed by atoms with van der Waals surface area (Å²) >= 11 is 0. The summed E-state index contributed by atoms with van der Waals surface area (Å²) in [6, 6.07) is 0. The predicted molar refractivity (Wildman–Crippen MR) is 49.8 cm³/mol. The van der Waals surface area contributed by atoms with Crippen LogP contribution in [0.15, 0.2) is 12.5 Å². The summed E-state index contributed by atoms with van der Waals surface area (Å²) in [7, 11) is 0. The van der Waals surface area contributed by atoms with Gasteiger partial charge in [-0.1, -0.05) is 0 Å². The lowest BCUT2D eigenvalue weighted by Crippen LogP contribution is -2.40. The Morgan fingerprint density at radius 3 is 2.94 bits per heavy atom. The van der Waals surface area contributed by atoms with E-state index >= 15 is 0 Å². The van der Waals surface area contributed by atoms with Crippen LogP contribution in [0.2, 0.25) is 0 Å². The third-order valence-electron chi connectivity index (χ3n) is 2.34. The van der Waals surface area contributed by atoms with Crippen molar-refractivity contribution in [2.24, 2.45) is 0 Å². The van der Waals surface area contributed by atoms with E-state index in [2.05, 4.69) is 10.3 Å². The molecule has 0 aliphatic carbocycles. The van der Waals surface area contributed by atoms with Crippen molar-refractivity contribution in [2.45, 2.75) is 18.8 Å². The first-order valence-electron chi connectivity index (χ1n) is 4.97. The van der Waals surface area contributed by atoms with E-state index in [1.54, 1.807) is 0 Å². The van der Waals surface area contributed by atoms with Crippen molar-refractivity contribution < 1.29 is 17.9 Å². The van der Waals surface area contributed by atoms with Crippen LogP contribution in [0.4, 0.5) is 13.2 Å². The Balaban J connectivity index is 1.97. The maximum atomic E-state index is 12.3. The van der Waals surface area contributed by atoms with Gasteiger partial charge in [0.15, 0.2) is 5.69 Å². The molecule has 90 valence electrons. The molecular weight excluding hydrogens is 223 g/mol. The van der Waals surface area contributed by atoms with E-state index in [1.165, 1.54) is 10.9 Å². The normalized spacial score (nSPS) is 22.3. The second-order valence-electron chi connectivity index (χ2n) is 3.65. The maximum Gasteiger partial charge on any atom is 0.434 e. The highest BCUT2D eigenvalue weighted by Gasteiger charge is 2.33. The van der Waals surface area contributed by atoms with Crippen LogP contribution in [0, 0.1) is 0 Å². The van der Waals surface area contributed by atoms with Crippen molar-refractivity contribution in [2.75, 3.05) is 19.7 Å². The zero-order valence-corrected chi connectivity index (χ0v) is 8.50. The molecule has 1 fully saturated rings. The van der Waals surface area contributed by atoms with Gasteiger partial charge in [0.1, 0.15) is 0 Å². The van der Waals surface area contributed by atoms with Crippen molar-refractivity contribution >= 4 is 0 Å². The lowest BCUT2D eigenvalue weighted by Gasteiger charge is -2.23. The minimum atomic E-state index is -4.38. The van der Waals surface area contributed by atoms with Crippen molar-refractivity contribution in [1.29, 1.82) is 0 Å². The molecule has 1 aliphatic heterocycles. The number of ether oxygens (including phenoxy) is 1. The Morgan fingerprint density at radius 2 is 2.38 bits per heavy atom. The van der Waals surface area contributed by atoms with Gasteiger partial charge in [-0.3, -0.25) is 0 Å². The number of rotatable bonds is 2. The van der Waals surface area contributed by atoms with Gasteiger partial charge in [-0.25, -0.2) is 4.98 Å². The summed E-state index contributed by atoms with van der Waals surface area (Å²) in [5, 5.41) is 3.11. The molecule has 0 radical (unpaired) electrons. The first kappa shape index (κ1) is 11.4. The molecule has 0 unspecified atom stereocenters. The number of hydrogen-bond donors (Lipinski definition) is 1. The number of imidazole rings is 1.